The Morgan fingerprint density at radius 2 is 2.14 bits per heavy atom. The van der Waals surface area contributed by atoms with Crippen molar-refractivity contribution in [2.45, 2.75) is 31.0 Å². The van der Waals surface area contributed by atoms with Gasteiger partial charge in [-0.25, -0.2) is 0 Å². The first-order valence-electron chi connectivity index (χ1n) is 7.84. The lowest BCUT2D eigenvalue weighted by atomic mass is 9.73. The van der Waals surface area contributed by atoms with Gasteiger partial charge in [0.05, 0.1) is 30.1 Å². The summed E-state index contributed by atoms with van der Waals surface area (Å²) < 4.78 is 5.97. The predicted octanol–water partition coefficient (Wildman–Crippen LogP) is 1.32. The second-order valence-corrected chi connectivity index (χ2v) is 6.60. The second kappa shape index (κ2) is 4.81. The number of carbonyl (C=O) groups is 2. The minimum absolute atomic E-state index is 0.0365. The van der Waals surface area contributed by atoms with Crippen molar-refractivity contribution in [3.8, 4) is 0 Å². The van der Waals surface area contributed by atoms with Gasteiger partial charge in [0.1, 0.15) is 0 Å². The van der Waals surface area contributed by atoms with Crippen molar-refractivity contribution in [1.29, 1.82) is 0 Å². The second-order valence-electron chi connectivity index (χ2n) is 6.60. The number of benzene rings is 1. The fraction of sp³-hybridized carbons (Fsp3) is 0.529. The van der Waals surface area contributed by atoms with Crippen LogP contribution in [0, 0.1) is 11.8 Å². The summed E-state index contributed by atoms with van der Waals surface area (Å²) in [7, 11) is 0. The van der Waals surface area contributed by atoms with Crippen molar-refractivity contribution < 1.29 is 19.4 Å². The summed E-state index contributed by atoms with van der Waals surface area (Å²) >= 11 is 0. The van der Waals surface area contributed by atoms with Gasteiger partial charge in [0.25, 0.3) is 0 Å². The number of rotatable bonds is 4. The number of hydrogen-bond donors (Lipinski definition) is 1. The van der Waals surface area contributed by atoms with Gasteiger partial charge in [-0.1, -0.05) is 30.3 Å². The summed E-state index contributed by atoms with van der Waals surface area (Å²) in [5.74, 6) is -2.08. The van der Waals surface area contributed by atoms with Gasteiger partial charge >= 0.3 is 5.97 Å². The quantitative estimate of drug-likeness (QED) is 0.911. The van der Waals surface area contributed by atoms with E-state index in [1.807, 2.05) is 30.3 Å². The summed E-state index contributed by atoms with van der Waals surface area (Å²) in [5.41, 5.74) is 0.645. The van der Waals surface area contributed by atoms with Crippen molar-refractivity contribution in [3.63, 3.8) is 0 Å². The molecule has 0 aromatic heterocycles. The van der Waals surface area contributed by atoms with Crippen LogP contribution in [0.4, 0.5) is 0 Å². The van der Waals surface area contributed by atoms with Gasteiger partial charge in [0.15, 0.2) is 0 Å². The molecule has 4 atom stereocenters. The van der Waals surface area contributed by atoms with Crippen molar-refractivity contribution in [1.82, 2.24) is 4.90 Å². The van der Waals surface area contributed by atoms with Crippen LogP contribution in [-0.4, -0.2) is 46.7 Å². The van der Waals surface area contributed by atoms with Crippen LogP contribution in [0.3, 0.4) is 0 Å². The van der Waals surface area contributed by atoms with Gasteiger partial charge in [-0.2, -0.15) is 0 Å². The van der Waals surface area contributed by atoms with E-state index in [0.717, 1.165) is 19.3 Å². The largest absolute Gasteiger partial charge is 0.481 e. The number of carboxylic acid groups (broad SMARTS) is 1. The number of aliphatic carboxylic acids is 1. The van der Waals surface area contributed by atoms with E-state index in [1.165, 1.54) is 5.56 Å². The highest BCUT2D eigenvalue weighted by atomic mass is 16.5. The Bertz CT molecular complexity index is 616. The third kappa shape index (κ3) is 1.88. The number of likely N-dealkylation sites (tertiary alicyclic amines) is 1. The number of amides is 1. The van der Waals surface area contributed by atoms with E-state index < -0.39 is 23.4 Å². The van der Waals surface area contributed by atoms with E-state index in [1.54, 1.807) is 4.90 Å². The van der Waals surface area contributed by atoms with Gasteiger partial charge in [0, 0.05) is 6.54 Å². The Balaban J connectivity index is 1.51. The van der Waals surface area contributed by atoms with Crippen LogP contribution in [0.2, 0.25) is 0 Å². The molecule has 3 aliphatic heterocycles. The molecule has 22 heavy (non-hydrogen) atoms. The first-order valence-corrected chi connectivity index (χ1v) is 7.84. The monoisotopic (exact) mass is 301 g/mol. The summed E-state index contributed by atoms with van der Waals surface area (Å²) in [6, 6.07) is 10.0. The van der Waals surface area contributed by atoms with Gasteiger partial charge in [0.2, 0.25) is 5.91 Å². The van der Waals surface area contributed by atoms with Gasteiger partial charge in [-0.3, -0.25) is 9.59 Å². The molecule has 1 aromatic rings. The van der Waals surface area contributed by atoms with E-state index in [2.05, 4.69) is 0 Å². The van der Waals surface area contributed by atoms with E-state index in [4.69, 9.17) is 4.74 Å². The van der Waals surface area contributed by atoms with Crippen LogP contribution >= 0.6 is 0 Å². The maximum atomic E-state index is 12.7. The number of carboxylic acids is 1. The number of nitrogens with zero attached hydrogens (tertiary/aromatic N) is 1. The van der Waals surface area contributed by atoms with Crippen LogP contribution in [0.25, 0.3) is 0 Å². The van der Waals surface area contributed by atoms with Crippen molar-refractivity contribution in [3.05, 3.63) is 35.9 Å². The maximum Gasteiger partial charge on any atom is 0.310 e. The number of carbonyl (C=O) groups excluding carboxylic acids is 1. The van der Waals surface area contributed by atoms with Crippen LogP contribution in [0.1, 0.15) is 18.4 Å². The Morgan fingerprint density at radius 3 is 2.86 bits per heavy atom. The summed E-state index contributed by atoms with van der Waals surface area (Å²) in [4.78, 5) is 26.0. The molecule has 1 spiro atoms. The predicted molar refractivity (Wildman–Crippen MR) is 78.2 cm³/mol. The average molecular weight is 301 g/mol. The zero-order valence-corrected chi connectivity index (χ0v) is 12.3. The fourth-order valence-corrected chi connectivity index (χ4v) is 4.42. The molecule has 3 aliphatic rings. The average Bonchev–Trinajstić information content (AvgIpc) is 3.14. The Kier molecular flexibility index (Phi) is 3.01. The van der Waals surface area contributed by atoms with Crippen LogP contribution in [0.15, 0.2) is 30.3 Å². The third-order valence-electron chi connectivity index (χ3n) is 5.40. The molecule has 0 radical (unpaired) electrons. The molecular weight excluding hydrogens is 282 g/mol. The minimum atomic E-state index is -0.894. The molecule has 3 fully saturated rings. The SMILES string of the molecule is O=C(O)[C@@H]1[C@H]2CC[C@@]3(CN(CCc4ccccc4)C(=O)[C@@H]13)O2. The molecule has 1 N–H and O–H groups in total. The summed E-state index contributed by atoms with van der Waals surface area (Å²) in [6.07, 6.45) is 2.08. The molecule has 0 aliphatic carbocycles. The molecule has 3 heterocycles. The fourth-order valence-electron chi connectivity index (χ4n) is 4.42. The maximum absolute atomic E-state index is 12.7. The standard InChI is InChI=1S/C17H19NO4/c19-15-14-13(16(20)21)12-6-8-17(14,22-12)10-18(15)9-7-11-4-2-1-3-5-11/h1-5,12-14H,6-10H2,(H,20,21)/t12-,13-,14-,17+/m1/s1. The lowest BCUT2D eigenvalue weighted by Gasteiger charge is -2.25. The molecule has 0 unspecified atom stereocenters. The van der Waals surface area contributed by atoms with E-state index in [9.17, 15) is 14.7 Å². The first-order chi connectivity index (χ1) is 10.6. The Morgan fingerprint density at radius 1 is 1.36 bits per heavy atom. The molecule has 4 rings (SSSR count). The number of hydrogen-bond acceptors (Lipinski definition) is 3. The smallest absolute Gasteiger partial charge is 0.310 e. The van der Waals surface area contributed by atoms with E-state index >= 15 is 0 Å². The minimum Gasteiger partial charge on any atom is -0.481 e. The third-order valence-corrected chi connectivity index (χ3v) is 5.40. The lowest BCUT2D eigenvalue weighted by Crippen LogP contribution is -2.41. The van der Waals surface area contributed by atoms with Gasteiger partial charge < -0.3 is 14.7 Å². The lowest BCUT2D eigenvalue weighted by molar-refractivity contribution is -0.149. The van der Waals surface area contributed by atoms with Crippen LogP contribution < -0.4 is 0 Å². The number of ether oxygens (including phenoxy) is 1. The molecule has 5 heteroatoms. The summed E-state index contributed by atoms with van der Waals surface area (Å²) in [6.45, 7) is 1.17. The van der Waals surface area contributed by atoms with Gasteiger partial charge in [-0.05, 0) is 24.8 Å². The van der Waals surface area contributed by atoms with Crippen LogP contribution in [0.5, 0.6) is 0 Å². The van der Waals surface area contributed by atoms with Crippen molar-refractivity contribution >= 4 is 11.9 Å². The van der Waals surface area contributed by atoms with E-state index in [-0.39, 0.29) is 12.0 Å². The topological polar surface area (TPSA) is 66.8 Å². The highest BCUT2D eigenvalue weighted by Gasteiger charge is 2.68. The van der Waals surface area contributed by atoms with Crippen LogP contribution in [-0.2, 0) is 20.7 Å². The molecule has 5 nitrogen and oxygen atoms in total. The highest BCUT2D eigenvalue weighted by molar-refractivity contribution is 5.89. The Hall–Kier alpha value is -1.88. The van der Waals surface area contributed by atoms with Crippen molar-refractivity contribution in [2.24, 2.45) is 11.8 Å². The Labute approximate surface area is 128 Å². The normalized spacial score (nSPS) is 35.9. The molecule has 1 amide bonds. The molecular formula is C17H19NO4. The summed E-state index contributed by atoms with van der Waals surface area (Å²) in [5, 5.41) is 9.44. The molecule has 0 saturated carbocycles. The molecule has 116 valence electrons. The molecule has 3 saturated heterocycles. The zero-order chi connectivity index (χ0) is 15.3. The molecule has 1 aromatic carbocycles. The number of fused-ring (bicyclic) bond motifs is 1. The molecule has 2 bridgehead atoms. The van der Waals surface area contributed by atoms with E-state index in [0.29, 0.717) is 13.1 Å². The first kappa shape index (κ1) is 13.8. The highest BCUT2D eigenvalue weighted by Crippen LogP contribution is 2.55. The zero-order valence-electron chi connectivity index (χ0n) is 12.3. The van der Waals surface area contributed by atoms with Crippen molar-refractivity contribution in [2.75, 3.05) is 13.1 Å². The van der Waals surface area contributed by atoms with Gasteiger partial charge in [-0.15, -0.1) is 0 Å².